The molecule has 1 saturated carbocycles. The fourth-order valence-corrected chi connectivity index (χ4v) is 2.95. The van der Waals surface area contributed by atoms with Crippen LogP contribution in [0, 0.1) is 11.3 Å². The second-order valence-corrected chi connectivity index (χ2v) is 4.81. The molecule has 0 aromatic heterocycles. The largest absolute Gasteiger partial charge is 0.391 e. The molecule has 0 radical (unpaired) electrons. The van der Waals surface area contributed by atoms with Crippen molar-refractivity contribution in [3.05, 3.63) is 0 Å². The topological polar surface area (TPSA) is 55.5 Å². The van der Waals surface area contributed by atoms with Crippen LogP contribution in [0.2, 0.25) is 0 Å². The molecule has 0 aromatic carbocycles. The Kier molecular flexibility index (Phi) is 3.10. The summed E-state index contributed by atoms with van der Waals surface area (Å²) in [4.78, 5) is 0. The van der Waals surface area contributed by atoms with E-state index in [0.717, 1.165) is 13.2 Å². The Morgan fingerprint density at radius 3 is 2.36 bits per heavy atom. The Morgan fingerprint density at radius 2 is 1.93 bits per heavy atom. The third-order valence-electron chi connectivity index (χ3n) is 4.05. The van der Waals surface area contributed by atoms with E-state index in [-0.39, 0.29) is 11.5 Å². The van der Waals surface area contributed by atoms with Gasteiger partial charge in [0.1, 0.15) is 0 Å². The first-order chi connectivity index (χ1) is 6.79. The Labute approximate surface area is 85.6 Å². The van der Waals surface area contributed by atoms with Gasteiger partial charge in [0.05, 0.1) is 19.3 Å². The van der Waals surface area contributed by atoms with Gasteiger partial charge in [0.2, 0.25) is 0 Å². The van der Waals surface area contributed by atoms with Crippen LogP contribution in [0.15, 0.2) is 0 Å². The minimum absolute atomic E-state index is 0.00910. The van der Waals surface area contributed by atoms with Crippen molar-refractivity contribution in [1.82, 2.24) is 0 Å². The third kappa shape index (κ3) is 1.58. The van der Waals surface area contributed by atoms with Crippen molar-refractivity contribution in [2.75, 3.05) is 19.8 Å². The molecule has 0 aromatic rings. The molecule has 82 valence electrons. The zero-order valence-electron chi connectivity index (χ0n) is 8.74. The lowest BCUT2D eigenvalue weighted by Crippen LogP contribution is -2.58. The van der Waals surface area contributed by atoms with Crippen LogP contribution < -0.4 is 5.73 Å². The molecule has 1 heterocycles. The van der Waals surface area contributed by atoms with Crippen LogP contribution in [0.25, 0.3) is 0 Å². The van der Waals surface area contributed by atoms with E-state index in [2.05, 4.69) is 0 Å². The Morgan fingerprint density at radius 1 is 1.29 bits per heavy atom. The monoisotopic (exact) mass is 199 g/mol. The molecule has 0 bridgehead atoms. The van der Waals surface area contributed by atoms with Crippen LogP contribution >= 0.6 is 0 Å². The van der Waals surface area contributed by atoms with Gasteiger partial charge in [-0.3, -0.25) is 0 Å². The Bertz CT molecular complexity index is 186. The van der Waals surface area contributed by atoms with Gasteiger partial charge in [-0.2, -0.15) is 0 Å². The Hall–Kier alpha value is -0.120. The van der Waals surface area contributed by atoms with Crippen molar-refractivity contribution in [3.8, 4) is 0 Å². The first-order valence-electron chi connectivity index (χ1n) is 5.75. The van der Waals surface area contributed by atoms with Gasteiger partial charge in [-0.25, -0.2) is 0 Å². The van der Waals surface area contributed by atoms with E-state index in [1.165, 1.54) is 32.1 Å². The van der Waals surface area contributed by atoms with Crippen LogP contribution in [0.1, 0.15) is 32.1 Å². The van der Waals surface area contributed by atoms with Crippen LogP contribution in [0.4, 0.5) is 0 Å². The summed E-state index contributed by atoms with van der Waals surface area (Å²) in [6.45, 7) is 1.81. The molecule has 1 atom stereocenters. The zero-order valence-corrected chi connectivity index (χ0v) is 8.74. The highest BCUT2D eigenvalue weighted by Gasteiger charge is 2.50. The summed E-state index contributed by atoms with van der Waals surface area (Å²) in [5.41, 5.74) is 5.58. The molecule has 3 heteroatoms. The fraction of sp³-hybridized carbons (Fsp3) is 1.00. The van der Waals surface area contributed by atoms with E-state index >= 15 is 0 Å². The van der Waals surface area contributed by atoms with Crippen LogP contribution in [0.5, 0.6) is 0 Å². The number of ether oxygens (including phenoxy) is 1. The molecule has 2 aliphatic rings. The molecule has 3 nitrogen and oxygen atoms in total. The minimum atomic E-state index is -0.362. The number of rotatable bonds is 3. The van der Waals surface area contributed by atoms with Crippen molar-refractivity contribution in [2.45, 2.75) is 38.2 Å². The first-order valence-corrected chi connectivity index (χ1v) is 5.75. The lowest BCUT2D eigenvalue weighted by atomic mass is 9.64. The summed E-state index contributed by atoms with van der Waals surface area (Å²) < 4.78 is 5.30. The van der Waals surface area contributed by atoms with Crippen LogP contribution in [0.3, 0.4) is 0 Å². The third-order valence-corrected chi connectivity index (χ3v) is 4.05. The molecule has 1 aliphatic heterocycles. The number of hydrogen-bond acceptors (Lipinski definition) is 3. The summed E-state index contributed by atoms with van der Waals surface area (Å²) in [5, 5.41) is 9.98. The summed E-state index contributed by atoms with van der Waals surface area (Å²) in [7, 11) is 0. The molecule has 1 unspecified atom stereocenters. The molecule has 14 heavy (non-hydrogen) atoms. The van der Waals surface area contributed by atoms with E-state index in [9.17, 15) is 5.11 Å². The van der Waals surface area contributed by atoms with Crippen molar-refractivity contribution in [2.24, 2.45) is 17.1 Å². The summed E-state index contributed by atoms with van der Waals surface area (Å²) in [5.74, 6) is 0.642. The van der Waals surface area contributed by atoms with E-state index in [1.54, 1.807) is 0 Å². The predicted molar refractivity (Wildman–Crippen MR) is 54.9 cm³/mol. The molecular formula is C11H21NO2. The Balaban J connectivity index is 2.02. The highest BCUT2D eigenvalue weighted by atomic mass is 16.5. The fourth-order valence-electron chi connectivity index (χ4n) is 2.95. The van der Waals surface area contributed by atoms with Crippen LogP contribution in [-0.2, 0) is 4.74 Å². The van der Waals surface area contributed by atoms with Crippen molar-refractivity contribution in [1.29, 1.82) is 0 Å². The maximum atomic E-state index is 9.98. The zero-order chi connectivity index (χ0) is 10.0. The van der Waals surface area contributed by atoms with Gasteiger partial charge in [-0.05, 0) is 18.8 Å². The van der Waals surface area contributed by atoms with Gasteiger partial charge < -0.3 is 15.6 Å². The molecule has 1 aliphatic carbocycles. The molecule has 1 saturated heterocycles. The second-order valence-electron chi connectivity index (χ2n) is 4.81. The van der Waals surface area contributed by atoms with Gasteiger partial charge in [-0.15, -0.1) is 0 Å². The molecule has 0 amide bonds. The molecule has 2 fully saturated rings. The molecule has 0 spiro atoms. The van der Waals surface area contributed by atoms with Crippen LogP contribution in [-0.4, -0.2) is 31.0 Å². The minimum Gasteiger partial charge on any atom is -0.391 e. The molecular weight excluding hydrogens is 178 g/mol. The maximum absolute atomic E-state index is 9.98. The van der Waals surface area contributed by atoms with E-state index in [1.807, 2.05) is 0 Å². The standard InChI is InChI=1S/C11H21NO2/c12-6-10(13)11(7-14-8-11)9-4-2-1-3-5-9/h9-10,13H,1-8,12H2. The molecule has 3 N–H and O–H groups in total. The lowest BCUT2D eigenvalue weighted by molar-refractivity contribution is -0.203. The first kappa shape index (κ1) is 10.4. The van der Waals surface area contributed by atoms with Gasteiger partial charge in [-0.1, -0.05) is 19.3 Å². The summed E-state index contributed by atoms with van der Waals surface area (Å²) >= 11 is 0. The predicted octanol–water partition coefficient (Wildman–Crippen LogP) is 0.903. The van der Waals surface area contributed by atoms with Crippen molar-refractivity contribution >= 4 is 0 Å². The second kappa shape index (κ2) is 4.17. The SMILES string of the molecule is NCC(O)C1(C2CCCCC2)COC1. The van der Waals surface area contributed by atoms with Gasteiger partial charge in [0.15, 0.2) is 0 Å². The van der Waals surface area contributed by atoms with E-state index in [0.29, 0.717) is 12.5 Å². The maximum Gasteiger partial charge on any atom is 0.0765 e. The number of hydrogen-bond donors (Lipinski definition) is 2. The summed E-state index contributed by atoms with van der Waals surface area (Å²) in [6.07, 6.45) is 6.11. The van der Waals surface area contributed by atoms with Gasteiger partial charge >= 0.3 is 0 Å². The van der Waals surface area contributed by atoms with E-state index < -0.39 is 0 Å². The highest BCUT2D eigenvalue weighted by Crippen LogP contribution is 2.45. The van der Waals surface area contributed by atoms with Crippen molar-refractivity contribution < 1.29 is 9.84 Å². The smallest absolute Gasteiger partial charge is 0.0765 e. The van der Waals surface area contributed by atoms with E-state index in [4.69, 9.17) is 10.5 Å². The van der Waals surface area contributed by atoms with Gasteiger partial charge in [0, 0.05) is 12.0 Å². The molecule has 2 rings (SSSR count). The van der Waals surface area contributed by atoms with Crippen molar-refractivity contribution in [3.63, 3.8) is 0 Å². The lowest BCUT2D eigenvalue weighted by Gasteiger charge is -2.51. The summed E-state index contributed by atoms with van der Waals surface area (Å²) in [6, 6.07) is 0. The highest BCUT2D eigenvalue weighted by molar-refractivity contribution is 4.98. The van der Waals surface area contributed by atoms with Gasteiger partial charge in [0.25, 0.3) is 0 Å². The quantitative estimate of drug-likeness (QED) is 0.710. The number of aliphatic hydroxyl groups excluding tert-OH is 1. The number of nitrogens with two attached hydrogens (primary N) is 1. The average Bonchev–Trinajstić information content (AvgIpc) is 2.17. The normalized spacial score (nSPS) is 29.6. The average molecular weight is 199 g/mol. The number of aliphatic hydroxyl groups is 1.